The number of amides is 2. The maximum atomic E-state index is 13.2. The van der Waals surface area contributed by atoms with E-state index in [1.54, 1.807) is 17.1 Å². The SMILES string of the molecule is C=N/C(=C\C=C/Cc1ccc(C(F)(F)F)cc1)COCC1CN(C(=O)c2cnccn2)CC12CN(C(=O)[C@H]1CC1(C)C)C2. The molecule has 2 aromatic rings. The van der Waals surface area contributed by atoms with E-state index in [1.165, 1.54) is 30.7 Å². The predicted octanol–water partition coefficient (Wildman–Crippen LogP) is 4.84. The van der Waals surface area contributed by atoms with E-state index in [-0.39, 0.29) is 46.8 Å². The maximum absolute atomic E-state index is 13.2. The fourth-order valence-corrected chi connectivity index (χ4v) is 5.99. The second-order valence-corrected chi connectivity index (χ2v) is 12.4. The zero-order valence-corrected chi connectivity index (χ0v) is 24.4. The molecule has 3 heterocycles. The first kappa shape index (κ1) is 30.6. The number of benzene rings is 1. The molecule has 228 valence electrons. The quantitative estimate of drug-likeness (QED) is 0.290. The number of rotatable bonds is 10. The number of hydrogen-bond donors (Lipinski definition) is 0. The van der Waals surface area contributed by atoms with Crippen LogP contribution in [0.3, 0.4) is 0 Å². The number of aliphatic imine (C=N–C) groups is 1. The molecule has 0 N–H and O–H groups in total. The molecule has 2 aliphatic heterocycles. The highest BCUT2D eigenvalue weighted by Gasteiger charge is 2.60. The number of aromatic nitrogens is 2. The van der Waals surface area contributed by atoms with Crippen molar-refractivity contribution in [2.45, 2.75) is 32.9 Å². The highest BCUT2D eigenvalue weighted by Crippen LogP contribution is 2.54. The van der Waals surface area contributed by atoms with E-state index in [4.69, 9.17) is 4.74 Å². The number of alkyl halides is 3. The number of carbonyl (C=O) groups excluding carboxylic acids is 2. The fourth-order valence-electron chi connectivity index (χ4n) is 5.99. The molecule has 11 heteroatoms. The monoisotopic (exact) mass is 595 g/mol. The van der Waals surface area contributed by atoms with Gasteiger partial charge in [0.05, 0.1) is 30.7 Å². The lowest BCUT2D eigenvalue weighted by atomic mass is 9.71. The molecule has 8 nitrogen and oxygen atoms in total. The van der Waals surface area contributed by atoms with Crippen molar-refractivity contribution in [3.63, 3.8) is 0 Å². The molecule has 3 aliphatic rings. The van der Waals surface area contributed by atoms with Gasteiger partial charge in [-0.3, -0.25) is 19.6 Å². The Morgan fingerprint density at radius 1 is 1.14 bits per heavy atom. The van der Waals surface area contributed by atoms with Gasteiger partial charge in [0, 0.05) is 55.8 Å². The first-order chi connectivity index (χ1) is 20.4. The zero-order valence-electron chi connectivity index (χ0n) is 24.4. The summed E-state index contributed by atoms with van der Waals surface area (Å²) in [6, 6.07) is 5.07. The number of nitrogens with zero attached hydrogens (tertiary/aromatic N) is 5. The lowest BCUT2D eigenvalue weighted by Gasteiger charge is -2.51. The van der Waals surface area contributed by atoms with Crippen LogP contribution in [-0.2, 0) is 22.1 Å². The van der Waals surface area contributed by atoms with Crippen molar-refractivity contribution in [1.29, 1.82) is 0 Å². The highest BCUT2D eigenvalue weighted by atomic mass is 19.4. The fraction of sp³-hybridized carbons (Fsp3) is 0.469. The normalized spacial score (nSPS) is 22.6. The topological polar surface area (TPSA) is 88.0 Å². The van der Waals surface area contributed by atoms with E-state index in [1.807, 2.05) is 11.0 Å². The molecule has 3 fully saturated rings. The van der Waals surface area contributed by atoms with Gasteiger partial charge in [0.15, 0.2) is 0 Å². The number of halogens is 3. The molecule has 0 bridgehead atoms. The lowest BCUT2D eigenvalue weighted by molar-refractivity contribution is -0.148. The smallest absolute Gasteiger partial charge is 0.375 e. The van der Waals surface area contributed by atoms with Gasteiger partial charge in [-0.25, -0.2) is 4.98 Å². The van der Waals surface area contributed by atoms with Gasteiger partial charge in [0.1, 0.15) is 5.69 Å². The summed E-state index contributed by atoms with van der Waals surface area (Å²) in [5.41, 5.74) is 0.777. The minimum atomic E-state index is -4.35. The van der Waals surface area contributed by atoms with Crippen LogP contribution in [0.1, 0.15) is 41.9 Å². The molecule has 2 atom stereocenters. The molecule has 43 heavy (non-hydrogen) atoms. The van der Waals surface area contributed by atoms with Crippen molar-refractivity contribution in [2.24, 2.45) is 27.7 Å². The van der Waals surface area contributed by atoms with Crippen molar-refractivity contribution in [3.05, 3.63) is 83.6 Å². The zero-order chi connectivity index (χ0) is 30.8. The number of ether oxygens (including phenoxy) is 1. The van der Waals surface area contributed by atoms with Crippen LogP contribution in [0.5, 0.6) is 0 Å². The average molecular weight is 596 g/mol. The molecule has 0 radical (unpaired) electrons. The van der Waals surface area contributed by atoms with Crippen molar-refractivity contribution in [1.82, 2.24) is 19.8 Å². The number of carbonyl (C=O) groups is 2. The van der Waals surface area contributed by atoms with Crippen LogP contribution < -0.4 is 0 Å². The average Bonchev–Trinajstić information content (AvgIpc) is 3.44. The van der Waals surface area contributed by atoms with E-state index in [0.717, 1.165) is 24.1 Å². The molecule has 1 spiro atoms. The third kappa shape index (κ3) is 6.87. The van der Waals surface area contributed by atoms with Crippen LogP contribution in [0.2, 0.25) is 0 Å². The van der Waals surface area contributed by atoms with E-state index in [2.05, 4.69) is 35.5 Å². The van der Waals surface area contributed by atoms with Gasteiger partial charge < -0.3 is 14.5 Å². The number of allylic oxidation sites excluding steroid dienone is 3. The Morgan fingerprint density at radius 2 is 1.84 bits per heavy atom. The number of hydrogen-bond acceptors (Lipinski definition) is 6. The van der Waals surface area contributed by atoms with Crippen molar-refractivity contribution in [3.8, 4) is 0 Å². The van der Waals surface area contributed by atoms with E-state index < -0.39 is 11.7 Å². The first-order valence-electron chi connectivity index (χ1n) is 14.3. The van der Waals surface area contributed by atoms with Gasteiger partial charge in [-0.05, 0) is 48.7 Å². The van der Waals surface area contributed by atoms with Crippen LogP contribution in [0.15, 0.2) is 71.8 Å². The molecule has 1 saturated carbocycles. The summed E-state index contributed by atoms with van der Waals surface area (Å²) in [5.74, 6) is 0.0929. The molecule has 2 saturated heterocycles. The van der Waals surface area contributed by atoms with Crippen molar-refractivity contribution in [2.75, 3.05) is 39.4 Å². The van der Waals surface area contributed by atoms with Gasteiger partial charge in [0.25, 0.3) is 5.91 Å². The number of likely N-dealkylation sites (tertiary alicyclic amines) is 2. The lowest BCUT2D eigenvalue weighted by Crippen LogP contribution is -2.63. The summed E-state index contributed by atoms with van der Waals surface area (Å²) >= 11 is 0. The summed E-state index contributed by atoms with van der Waals surface area (Å²) in [7, 11) is 0. The molecule has 1 aromatic carbocycles. The van der Waals surface area contributed by atoms with Gasteiger partial charge in [-0.2, -0.15) is 13.2 Å². The molecule has 1 aromatic heterocycles. The van der Waals surface area contributed by atoms with Gasteiger partial charge in [-0.1, -0.05) is 38.1 Å². The maximum Gasteiger partial charge on any atom is 0.416 e. The Morgan fingerprint density at radius 3 is 2.44 bits per heavy atom. The van der Waals surface area contributed by atoms with Crippen LogP contribution in [0, 0.1) is 22.7 Å². The Balaban J connectivity index is 1.17. The van der Waals surface area contributed by atoms with E-state index in [0.29, 0.717) is 44.9 Å². The summed E-state index contributed by atoms with van der Waals surface area (Å²) < 4.78 is 44.4. The van der Waals surface area contributed by atoms with Crippen LogP contribution in [-0.4, -0.2) is 77.7 Å². The first-order valence-corrected chi connectivity index (χ1v) is 14.3. The van der Waals surface area contributed by atoms with E-state index >= 15 is 0 Å². The van der Waals surface area contributed by atoms with Crippen LogP contribution in [0.25, 0.3) is 0 Å². The third-order valence-corrected chi connectivity index (χ3v) is 8.85. The molecule has 1 aliphatic carbocycles. The molecular weight excluding hydrogens is 559 g/mol. The second-order valence-electron chi connectivity index (χ2n) is 12.4. The minimum absolute atomic E-state index is 0.0191. The molecule has 2 amide bonds. The van der Waals surface area contributed by atoms with Gasteiger partial charge in [-0.15, -0.1) is 0 Å². The van der Waals surface area contributed by atoms with Crippen molar-refractivity contribution >= 4 is 18.5 Å². The largest absolute Gasteiger partial charge is 0.416 e. The van der Waals surface area contributed by atoms with Gasteiger partial charge >= 0.3 is 6.18 Å². The Bertz CT molecular complexity index is 1400. The standard InChI is InChI=1S/C32H36F3N5O3/c1-30(2)14-26(30)28(41)40-20-31(21-40)19-39(29(42)27-15-37-12-13-38-27)16-24(31)17-43-18-25(36-3)7-5-4-6-22-8-10-23(11-9-22)32(33,34)35/h4-5,7-13,15,24,26H,3,6,14,16-21H2,1-2H3/b5-4-,25-7-/t24?,26-/m1/s1. The minimum Gasteiger partial charge on any atom is -0.375 e. The van der Waals surface area contributed by atoms with Crippen molar-refractivity contribution < 1.29 is 27.5 Å². The van der Waals surface area contributed by atoms with E-state index in [9.17, 15) is 22.8 Å². The van der Waals surface area contributed by atoms with Crippen LogP contribution >= 0.6 is 0 Å². The summed E-state index contributed by atoms with van der Waals surface area (Å²) in [4.78, 5) is 42.1. The second kappa shape index (κ2) is 12.0. The Hall–Kier alpha value is -3.86. The van der Waals surface area contributed by atoms with Crippen LogP contribution in [0.4, 0.5) is 13.2 Å². The van der Waals surface area contributed by atoms with Gasteiger partial charge in [0.2, 0.25) is 5.91 Å². The predicted molar refractivity (Wildman–Crippen MR) is 155 cm³/mol. The molecular formula is C32H36F3N5O3. The summed E-state index contributed by atoms with van der Waals surface area (Å²) in [6.07, 6.45) is 6.86. The molecule has 1 unspecified atom stereocenters. The Kier molecular flexibility index (Phi) is 8.56. The highest BCUT2D eigenvalue weighted by molar-refractivity contribution is 5.92. The molecule has 5 rings (SSSR count). The summed E-state index contributed by atoms with van der Waals surface area (Å²) in [5, 5.41) is 0. The third-order valence-electron chi connectivity index (χ3n) is 8.85. The Labute approximate surface area is 249 Å². The summed E-state index contributed by atoms with van der Waals surface area (Å²) in [6.45, 7) is 10.6.